The Morgan fingerprint density at radius 3 is 2.60 bits per heavy atom. The SMILES string of the molecule is COc1ccccc1N(CC(=O)NCc1ccc(C)c(F)c1)S(=O)(=O)c1cccs1. The number of nitrogens with zero attached hydrogens (tertiary/aromatic N) is 1. The molecule has 3 aromatic rings. The number of nitrogens with one attached hydrogen (secondary N) is 1. The zero-order valence-electron chi connectivity index (χ0n) is 16.5. The number of benzene rings is 2. The fraction of sp³-hybridized carbons (Fsp3) is 0.190. The first-order valence-corrected chi connectivity index (χ1v) is 11.4. The van der Waals surface area contributed by atoms with Crippen molar-refractivity contribution in [3.8, 4) is 5.75 Å². The van der Waals surface area contributed by atoms with Crippen LogP contribution < -0.4 is 14.4 Å². The van der Waals surface area contributed by atoms with Crippen LogP contribution in [0.25, 0.3) is 0 Å². The molecule has 0 bridgehead atoms. The van der Waals surface area contributed by atoms with Gasteiger partial charge in [-0.3, -0.25) is 9.10 Å². The predicted octanol–water partition coefficient (Wildman–Crippen LogP) is 3.72. The molecule has 3 rings (SSSR count). The number of carbonyl (C=O) groups is 1. The Morgan fingerprint density at radius 2 is 1.93 bits per heavy atom. The number of aryl methyl sites for hydroxylation is 1. The van der Waals surface area contributed by atoms with Gasteiger partial charge in [-0.1, -0.05) is 30.3 Å². The molecule has 9 heteroatoms. The number of rotatable bonds is 8. The van der Waals surface area contributed by atoms with Gasteiger partial charge >= 0.3 is 0 Å². The highest BCUT2D eigenvalue weighted by Gasteiger charge is 2.30. The number of hydrogen-bond donors (Lipinski definition) is 1. The van der Waals surface area contributed by atoms with Crippen LogP contribution in [0, 0.1) is 12.7 Å². The number of thiophene rings is 1. The van der Waals surface area contributed by atoms with E-state index in [2.05, 4.69) is 5.32 Å². The molecule has 0 spiro atoms. The van der Waals surface area contributed by atoms with Crippen LogP contribution >= 0.6 is 11.3 Å². The predicted molar refractivity (Wildman–Crippen MR) is 115 cm³/mol. The quantitative estimate of drug-likeness (QED) is 0.570. The molecule has 158 valence electrons. The van der Waals surface area contributed by atoms with Crippen molar-refractivity contribution >= 4 is 33.0 Å². The van der Waals surface area contributed by atoms with Crippen molar-refractivity contribution < 1.29 is 22.3 Å². The minimum Gasteiger partial charge on any atom is -0.495 e. The molecule has 0 saturated heterocycles. The topological polar surface area (TPSA) is 75.7 Å². The fourth-order valence-corrected chi connectivity index (χ4v) is 5.32. The smallest absolute Gasteiger partial charge is 0.274 e. The molecular formula is C21H21FN2O4S2. The van der Waals surface area contributed by atoms with Crippen LogP contribution in [0.1, 0.15) is 11.1 Å². The Kier molecular flexibility index (Phi) is 6.73. The van der Waals surface area contributed by atoms with E-state index < -0.39 is 22.5 Å². The standard InChI is InChI=1S/C21H21FN2O4S2/c1-15-9-10-16(12-17(15)22)13-23-20(25)14-24(18-6-3-4-7-19(18)28-2)30(26,27)21-8-5-11-29-21/h3-12H,13-14H2,1-2H3,(H,23,25). The molecule has 2 aromatic carbocycles. The van der Waals surface area contributed by atoms with Crippen molar-refractivity contribution in [2.45, 2.75) is 17.7 Å². The third kappa shape index (κ3) is 4.80. The second-order valence-corrected chi connectivity index (χ2v) is 9.51. The number of carbonyl (C=O) groups excluding carboxylic acids is 1. The Bertz CT molecular complexity index is 1130. The van der Waals surface area contributed by atoms with E-state index in [9.17, 15) is 17.6 Å². The Labute approximate surface area is 179 Å². The van der Waals surface area contributed by atoms with Crippen LogP contribution in [0.5, 0.6) is 5.75 Å². The summed E-state index contributed by atoms with van der Waals surface area (Å²) in [5.41, 5.74) is 1.34. The monoisotopic (exact) mass is 448 g/mol. The summed E-state index contributed by atoms with van der Waals surface area (Å²) in [4.78, 5) is 12.6. The zero-order valence-corrected chi connectivity index (χ0v) is 18.1. The van der Waals surface area contributed by atoms with Gasteiger partial charge in [0, 0.05) is 6.54 Å². The number of amides is 1. The van der Waals surface area contributed by atoms with Crippen molar-refractivity contribution in [2.75, 3.05) is 18.0 Å². The third-order valence-electron chi connectivity index (χ3n) is 4.41. The normalized spacial score (nSPS) is 11.2. The van der Waals surface area contributed by atoms with Gasteiger partial charge in [-0.25, -0.2) is 12.8 Å². The molecule has 0 fully saturated rings. The van der Waals surface area contributed by atoms with Crippen molar-refractivity contribution in [1.29, 1.82) is 0 Å². The van der Waals surface area contributed by atoms with Crippen molar-refractivity contribution in [3.63, 3.8) is 0 Å². The van der Waals surface area contributed by atoms with Crippen molar-refractivity contribution in [1.82, 2.24) is 5.32 Å². The van der Waals surface area contributed by atoms with E-state index in [1.807, 2.05) is 0 Å². The van der Waals surface area contributed by atoms with Gasteiger partial charge in [-0.2, -0.15) is 0 Å². The number of halogens is 1. The second kappa shape index (κ2) is 9.27. The lowest BCUT2D eigenvalue weighted by Gasteiger charge is -2.25. The lowest BCUT2D eigenvalue weighted by molar-refractivity contribution is -0.119. The lowest BCUT2D eigenvalue weighted by Crippen LogP contribution is -2.40. The number of anilines is 1. The van der Waals surface area contributed by atoms with Crippen LogP contribution in [0.15, 0.2) is 64.2 Å². The first kappa shape index (κ1) is 21.8. The molecule has 0 unspecified atom stereocenters. The molecular weight excluding hydrogens is 427 g/mol. The third-order valence-corrected chi connectivity index (χ3v) is 7.54. The highest BCUT2D eigenvalue weighted by molar-refractivity contribution is 7.94. The van der Waals surface area contributed by atoms with Crippen molar-refractivity contribution in [2.24, 2.45) is 0 Å². The summed E-state index contributed by atoms with van der Waals surface area (Å²) in [6, 6.07) is 14.4. The molecule has 0 aliphatic rings. The van der Waals surface area contributed by atoms with Crippen LogP contribution in [0.3, 0.4) is 0 Å². The summed E-state index contributed by atoms with van der Waals surface area (Å²) in [5.74, 6) is -0.564. The highest BCUT2D eigenvalue weighted by atomic mass is 32.2. The molecule has 0 aliphatic carbocycles. The van der Waals surface area contributed by atoms with Crippen LogP contribution in [-0.2, 0) is 21.4 Å². The van der Waals surface area contributed by atoms with Gasteiger partial charge in [0.1, 0.15) is 22.3 Å². The van der Waals surface area contributed by atoms with E-state index in [4.69, 9.17) is 4.74 Å². The summed E-state index contributed by atoms with van der Waals surface area (Å²) in [7, 11) is -2.55. The average Bonchev–Trinajstić information content (AvgIpc) is 3.28. The molecule has 0 aliphatic heterocycles. The average molecular weight is 449 g/mol. The van der Waals surface area contributed by atoms with Crippen LogP contribution in [0.2, 0.25) is 0 Å². The summed E-state index contributed by atoms with van der Waals surface area (Å²) in [5, 5.41) is 4.30. The van der Waals surface area contributed by atoms with Gasteiger partial charge in [-0.15, -0.1) is 11.3 Å². The van der Waals surface area contributed by atoms with Crippen LogP contribution in [0.4, 0.5) is 10.1 Å². The largest absolute Gasteiger partial charge is 0.495 e. The van der Waals surface area contributed by atoms with Crippen molar-refractivity contribution in [3.05, 3.63) is 76.9 Å². The van der Waals surface area contributed by atoms with E-state index in [1.54, 1.807) is 54.8 Å². The minimum atomic E-state index is -3.98. The Morgan fingerprint density at radius 1 is 1.17 bits per heavy atom. The Balaban J connectivity index is 1.85. The molecule has 0 atom stereocenters. The number of methoxy groups -OCH3 is 1. The number of sulfonamides is 1. The summed E-state index contributed by atoms with van der Waals surface area (Å²) >= 11 is 1.06. The molecule has 1 aromatic heterocycles. The van der Waals surface area contributed by atoms with E-state index in [-0.39, 0.29) is 22.3 Å². The van der Waals surface area contributed by atoms with Crippen LogP contribution in [-0.4, -0.2) is 28.0 Å². The fourth-order valence-electron chi connectivity index (χ4n) is 2.79. The number of para-hydroxylation sites is 2. The zero-order chi connectivity index (χ0) is 21.7. The maximum Gasteiger partial charge on any atom is 0.274 e. The summed E-state index contributed by atoms with van der Waals surface area (Å²) < 4.78 is 46.6. The Hall–Kier alpha value is -2.91. The van der Waals surface area contributed by atoms with E-state index >= 15 is 0 Å². The van der Waals surface area contributed by atoms with Gasteiger partial charge < -0.3 is 10.1 Å². The van der Waals surface area contributed by atoms with E-state index in [0.29, 0.717) is 16.9 Å². The highest BCUT2D eigenvalue weighted by Crippen LogP contribution is 2.33. The van der Waals surface area contributed by atoms with Gasteiger partial charge in [0.25, 0.3) is 10.0 Å². The molecule has 6 nitrogen and oxygen atoms in total. The van der Waals surface area contributed by atoms with E-state index in [1.165, 1.54) is 19.2 Å². The maximum atomic E-state index is 13.7. The minimum absolute atomic E-state index is 0.0782. The van der Waals surface area contributed by atoms with Gasteiger partial charge in [0.05, 0.1) is 12.8 Å². The molecule has 1 N–H and O–H groups in total. The summed E-state index contributed by atoms with van der Waals surface area (Å²) in [6.07, 6.45) is 0. The first-order valence-electron chi connectivity index (χ1n) is 9.04. The summed E-state index contributed by atoms with van der Waals surface area (Å²) in [6.45, 7) is 1.28. The molecule has 0 saturated carbocycles. The molecule has 0 radical (unpaired) electrons. The number of ether oxygens (including phenoxy) is 1. The molecule has 1 amide bonds. The van der Waals surface area contributed by atoms with Gasteiger partial charge in [-0.05, 0) is 47.7 Å². The first-order chi connectivity index (χ1) is 14.3. The number of hydrogen-bond acceptors (Lipinski definition) is 5. The van der Waals surface area contributed by atoms with E-state index in [0.717, 1.165) is 15.6 Å². The maximum absolute atomic E-state index is 13.7. The van der Waals surface area contributed by atoms with Gasteiger partial charge in [0.2, 0.25) is 5.91 Å². The molecule has 1 heterocycles. The van der Waals surface area contributed by atoms with Gasteiger partial charge in [0.15, 0.2) is 0 Å². The molecule has 30 heavy (non-hydrogen) atoms. The lowest BCUT2D eigenvalue weighted by atomic mass is 10.1. The second-order valence-electron chi connectivity index (χ2n) is 6.48.